The maximum Gasteiger partial charge on any atom is 0.133 e. The molecule has 0 aromatic heterocycles. The molecule has 4 heteroatoms. The monoisotopic (exact) mass is 380 g/mol. The van der Waals surface area contributed by atoms with Crippen LogP contribution in [0.25, 0.3) is 0 Å². The average Bonchev–Trinajstić information content (AvgIpc) is 2.72. The zero-order valence-electron chi connectivity index (χ0n) is 15.7. The molecule has 140 valence electrons. The molecule has 0 saturated heterocycles. The Kier molecular flexibility index (Phi) is 7.05. The van der Waals surface area contributed by atoms with Crippen LogP contribution in [0.15, 0.2) is 77.7 Å². The van der Waals surface area contributed by atoms with Crippen LogP contribution in [-0.2, 0) is 6.61 Å². The lowest BCUT2D eigenvalue weighted by Gasteiger charge is -2.13. The fourth-order valence-electron chi connectivity index (χ4n) is 2.60. The van der Waals surface area contributed by atoms with Gasteiger partial charge in [0.1, 0.15) is 23.9 Å². The number of rotatable bonds is 9. The lowest BCUT2D eigenvalue weighted by atomic mass is 10.1. The molecule has 0 amide bonds. The summed E-state index contributed by atoms with van der Waals surface area (Å²) in [5, 5.41) is 0. The first-order valence-electron chi connectivity index (χ1n) is 8.92. The van der Waals surface area contributed by atoms with Gasteiger partial charge >= 0.3 is 0 Å². The minimum absolute atomic E-state index is 0.576. The van der Waals surface area contributed by atoms with Gasteiger partial charge in [-0.25, -0.2) is 0 Å². The van der Waals surface area contributed by atoms with Crippen molar-refractivity contribution in [3.63, 3.8) is 0 Å². The Bertz CT molecular complexity index is 846. The third-order valence-corrected chi connectivity index (χ3v) is 5.18. The summed E-state index contributed by atoms with van der Waals surface area (Å²) in [7, 11) is 1.66. The van der Waals surface area contributed by atoms with Gasteiger partial charge in [-0.2, -0.15) is 0 Å². The zero-order chi connectivity index (χ0) is 18.9. The summed E-state index contributed by atoms with van der Waals surface area (Å²) in [6.07, 6.45) is 0. The number of benzene rings is 3. The zero-order valence-corrected chi connectivity index (χ0v) is 16.5. The van der Waals surface area contributed by atoms with Crippen LogP contribution in [0.5, 0.6) is 17.2 Å². The second kappa shape index (κ2) is 9.93. The van der Waals surface area contributed by atoms with Crippen LogP contribution in [0.1, 0.15) is 11.1 Å². The normalized spacial score (nSPS) is 10.4. The second-order valence-electron chi connectivity index (χ2n) is 6.03. The number of hydrogen-bond acceptors (Lipinski definition) is 4. The third-order valence-electron chi connectivity index (χ3n) is 4.16. The van der Waals surface area contributed by atoms with Gasteiger partial charge in [-0.1, -0.05) is 36.4 Å². The Morgan fingerprint density at radius 1 is 0.778 bits per heavy atom. The molecule has 0 heterocycles. The van der Waals surface area contributed by atoms with E-state index in [0.29, 0.717) is 13.2 Å². The van der Waals surface area contributed by atoms with Crippen molar-refractivity contribution < 1.29 is 14.2 Å². The van der Waals surface area contributed by atoms with Crippen LogP contribution < -0.4 is 14.2 Å². The van der Waals surface area contributed by atoms with Gasteiger partial charge in [0.05, 0.1) is 13.7 Å². The minimum atomic E-state index is 0.576. The van der Waals surface area contributed by atoms with Crippen LogP contribution >= 0.6 is 11.8 Å². The van der Waals surface area contributed by atoms with E-state index in [9.17, 15) is 0 Å². The molecule has 0 aliphatic rings. The van der Waals surface area contributed by atoms with Crippen molar-refractivity contribution in [2.75, 3.05) is 19.5 Å². The first-order chi connectivity index (χ1) is 13.3. The molecule has 0 aliphatic heterocycles. The van der Waals surface area contributed by atoms with Crippen molar-refractivity contribution in [3.05, 3.63) is 83.9 Å². The Morgan fingerprint density at radius 3 is 2.26 bits per heavy atom. The minimum Gasteiger partial charge on any atom is -0.497 e. The van der Waals surface area contributed by atoms with Gasteiger partial charge < -0.3 is 14.2 Å². The highest BCUT2D eigenvalue weighted by Crippen LogP contribution is 2.30. The number of ether oxygens (including phenoxy) is 3. The summed E-state index contributed by atoms with van der Waals surface area (Å²) in [6, 6.07) is 24.1. The summed E-state index contributed by atoms with van der Waals surface area (Å²) in [5.41, 5.74) is 2.45. The molecule has 3 rings (SSSR count). The molecule has 0 atom stereocenters. The molecule has 0 radical (unpaired) electrons. The van der Waals surface area contributed by atoms with Gasteiger partial charge in [-0.3, -0.25) is 0 Å². The van der Waals surface area contributed by atoms with E-state index in [4.69, 9.17) is 14.2 Å². The van der Waals surface area contributed by atoms with Crippen molar-refractivity contribution in [1.29, 1.82) is 0 Å². The van der Waals surface area contributed by atoms with Crippen LogP contribution in [0.3, 0.4) is 0 Å². The van der Waals surface area contributed by atoms with Crippen molar-refractivity contribution in [2.45, 2.75) is 18.4 Å². The van der Waals surface area contributed by atoms with E-state index < -0.39 is 0 Å². The predicted octanol–water partition coefficient (Wildman–Crippen LogP) is 5.75. The summed E-state index contributed by atoms with van der Waals surface area (Å²) in [4.78, 5) is 1.13. The first kappa shape index (κ1) is 19.2. The fourth-order valence-corrected chi connectivity index (χ4v) is 3.43. The molecule has 0 saturated carbocycles. The third kappa shape index (κ3) is 5.69. The molecule has 3 aromatic rings. The molecule has 27 heavy (non-hydrogen) atoms. The van der Waals surface area contributed by atoms with E-state index in [1.807, 2.05) is 54.6 Å². The highest BCUT2D eigenvalue weighted by atomic mass is 32.2. The van der Waals surface area contributed by atoms with Crippen molar-refractivity contribution in [3.8, 4) is 17.2 Å². The quantitative estimate of drug-likeness (QED) is 0.349. The number of hydrogen-bond donors (Lipinski definition) is 0. The molecule has 0 unspecified atom stereocenters. The van der Waals surface area contributed by atoms with E-state index in [2.05, 4.69) is 25.1 Å². The fraction of sp³-hybridized carbons (Fsp3) is 0.217. The maximum atomic E-state index is 6.07. The number of para-hydroxylation sites is 1. The second-order valence-corrected chi connectivity index (χ2v) is 7.17. The lowest BCUT2D eigenvalue weighted by Crippen LogP contribution is -2.01. The molecular weight excluding hydrogens is 356 g/mol. The summed E-state index contributed by atoms with van der Waals surface area (Å²) in [6.45, 7) is 3.31. The lowest BCUT2D eigenvalue weighted by molar-refractivity contribution is 0.298. The first-order valence-corrected chi connectivity index (χ1v) is 9.91. The Morgan fingerprint density at radius 2 is 1.48 bits per heavy atom. The maximum absolute atomic E-state index is 6.07. The summed E-state index contributed by atoms with van der Waals surface area (Å²) < 4.78 is 17.0. The van der Waals surface area contributed by atoms with Crippen LogP contribution in [0.4, 0.5) is 0 Å². The molecule has 0 N–H and O–H groups in total. The number of methoxy groups -OCH3 is 1. The van der Waals surface area contributed by atoms with Gasteiger partial charge in [0.15, 0.2) is 0 Å². The molecule has 0 bridgehead atoms. The molecule has 3 nitrogen and oxygen atoms in total. The van der Waals surface area contributed by atoms with E-state index >= 15 is 0 Å². The Balaban J connectivity index is 1.50. The number of thioether (sulfide) groups is 1. The average molecular weight is 381 g/mol. The smallest absolute Gasteiger partial charge is 0.133 e. The van der Waals surface area contributed by atoms with Gasteiger partial charge in [-0.15, -0.1) is 11.8 Å². The van der Waals surface area contributed by atoms with Gasteiger partial charge in [-0.05, 0) is 54.4 Å². The van der Waals surface area contributed by atoms with Gasteiger partial charge in [0, 0.05) is 10.6 Å². The largest absolute Gasteiger partial charge is 0.497 e. The summed E-state index contributed by atoms with van der Waals surface area (Å²) in [5.74, 6) is 3.43. The van der Waals surface area contributed by atoms with Crippen molar-refractivity contribution in [1.82, 2.24) is 0 Å². The van der Waals surface area contributed by atoms with E-state index in [1.165, 1.54) is 11.1 Å². The number of aryl methyl sites for hydroxylation is 1. The summed E-state index contributed by atoms with van der Waals surface area (Å²) >= 11 is 1.74. The molecular formula is C23H24O3S. The highest BCUT2D eigenvalue weighted by Gasteiger charge is 2.06. The van der Waals surface area contributed by atoms with Crippen molar-refractivity contribution >= 4 is 11.8 Å². The molecule has 0 fully saturated rings. The van der Waals surface area contributed by atoms with Crippen LogP contribution in [0, 0.1) is 6.92 Å². The molecule has 0 aliphatic carbocycles. The van der Waals surface area contributed by atoms with Crippen LogP contribution in [-0.4, -0.2) is 19.5 Å². The molecule has 3 aromatic carbocycles. The standard InChI is InChI=1S/C23H24O3S/c1-18-7-3-4-8-19(18)17-26-22-9-5-6-10-23(22)27-16-15-25-21-13-11-20(24-2)12-14-21/h3-14H,15-17H2,1-2H3. The van der Waals surface area contributed by atoms with Crippen LogP contribution in [0.2, 0.25) is 0 Å². The Labute approximate surface area is 165 Å². The Hall–Kier alpha value is -2.59. The predicted molar refractivity (Wildman–Crippen MR) is 111 cm³/mol. The van der Waals surface area contributed by atoms with Gasteiger partial charge in [0.25, 0.3) is 0 Å². The molecule has 0 spiro atoms. The van der Waals surface area contributed by atoms with E-state index in [0.717, 1.165) is 27.9 Å². The van der Waals surface area contributed by atoms with Gasteiger partial charge in [0.2, 0.25) is 0 Å². The topological polar surface area (TPSA) is 27.7 Å². The van der Waals surface area contributed by atoms with E-state index in [-0.39, 0.29) is 0 Å². The van der Waals surface area contributed by atoms with E-state index in [1.54, 1.807) is 18.9 Å². The van der Waals surface area contributed by atoms with Crippen molar-refractivity contribution in [2.24, 2.45) is 0 Å². The highest BCUT2D eigenvalue weighted by molar-refractivity contribution is 7.99. The SMILES string of the molecule is COc1ccc(OCCSc2ccccc2OCc2ccccc2C)cc1.